The van der Waals surface area contributed by atoms with Crippen molar-refractivity contribution < 1.29 is 4.79 Å². The Balaban J connectivity index is 1.79. The van der Waals surface area contributed by atoms with E-state index in [1.807, 2.05) is 38.5 Å². The monoisotopic (exact) mass is 377 g/mol. The van der Waals surface area contributed by atoms with E-state index >= 15 is 0 Å². The van der Waals surface area contributed by atoms with Crippen molar-refractivity contribution in [1.29, 1.82) is 0 Å². The van der Waals surface area contributed by atoms with Gasteiger partial charge in [0.25, 0.3) is 0 Å². The van der Waals surface area contributed by atoms with E-state index in [0.717, 1.165) is 27.1 Å². The number of thiol groups is 1. The largest absolute Gasteiger partial charge is 0.378 e. The van der Waals surface area contributed by atoms with Crippen molar-refractivity contribution in [2.75, 3.05) is 24.3 Å². The van der Waals surface area contributed by atoms with Crippen molar-refractivity contribution in [2.24, 2.45) is 0 Å². The van der Waals surface area contributed by atoms with Gasteiger partial charge in [-0.15, -0.1) is 35.7 Å². The van der Waals surface area contributed by atoms with Crippen molar-refractivity contribution >= 4 is 57.3 Å². The molecule has 1 aliphatic rings. The molecule has 7 heteroatoms. The smallest absolute Gasteiger partial charge is 0.208 e. The van der Waals surface area contributed by atoms with Crippen LogP contribution in [0.1, 0.15) is 19.0 Å². The van der Waals surface area contributed by atoms with Gasteiger partial charge in [0.2, 0.25) is 5.12 Å². The summed E-state index contributed by atoms with van der Waals surface area (Å²) < 4.78 is -0.682. The van der Waals surface area contributed by atoms with Crippen LogP contribution in [-0.2, 0) is 9.54 Å². The average molecular weight is 378 g/mol. The zero-order valence-electron chi connectivity index (χ0n) is 13.7. The zero-order chi connectivity index (χ0) is 17.3. The summed E-state index contributed by atoms with van der Waals surface area (Å²) in [5.74, 6) is 0. The maximum absolute atomic E-state index is 12.1. The number of benzene rings is 1. The standard InChI is InChI=1S/C17H19N3OS3/c1-11-8-9-17(24-11,15(21)22)14-10-23-16(19-14)18-12-4-6-13(7-5-12)20(2)3/h4-8,10H,9H2,1-3H3,(H,18,19)(H,21,22). The third-order valence-corrected chi connectivity index (χ3v) is 6.60. The van der Waals surface area contributed by atoms with Crippen LogP contribution >= 0.6 is 35.7 Å². The van der Waals surface area contributed by atoms with Crippen LogP contribution in [0.2, 0.25) is 0 Å². The van der Waals surface area contributed by atoms with Crippen molar-refractivity contribution in [3.05, 3.63) is 46.3 Å². The highest BCUT2D eigenvalue weighted by atomic mass is 32.2. The van der Waals surface area contributed by atoms with Crippen molar-refractivity contribution in [3.8, 4) is 0 Å². The minimum absolute atomic E-state index is 0.146. The van der Waals surface area contributed by atoms with E-state index in [1.165, 1.54) is 11.3 Å². The van der Waals surface area contributed by atoms with Crippen molar-refractivity contribution in [3.63, 3.8) is 0 Å². The van der Waals surface area contributed by atoms with Gasteiger partial charge in [-0.05, 0) is 42.5 Å². The molecular formula is C17H19N3OS3. The molecule has 2 heterocycles. The molecule has 1 aromatic heterocycles. The first-order valence-corrected chi connectivity index (χ1v) is 9.64. The third kappa shape index (κ3) is 3.34. The highest BCUT2D eigenvalue weighted by Gasteiger charge is 2.43. The SMILES string of the molecule is CC1=CCC(C(=O)S)(c2csc(Nc3ccc(N(C)C)cc3)n2)S1. The number of thiazole rings is 1. The van der Waals surface area contributed by atoms with E-state index < -0.39 is 4.75 Å². The number of rotatable bonds is 5. The Labute approximate surface area is 155 Å². The topological polar surface area (TPSA) is 45.2 Å². The second-order valence-electron chi connectivity index (χ2n) is 5.86. The molecule has 0 fully saturated rings. The Kier molecular flexibility index (Phi) is 4.94. The van der Waals surface area contributed by atoms with Gasteiger partial charge >= 0.3 is 0 Å². The van der Waals surface area contributed by atoms with Gasteiger partial charge in [0.05, 0.1) is 5.69 Å². The number of aromatic nitrogens is 1. The van der Waals surface area contributed by atoms with Crippen LogP contribution in [0.15, 0.2) is 40.6 Å². The number of carbonyl (C=O) groups is 1. The molecule has 0 radical (unpaired) electrons. The van der Waals surface area contributed by atoms with Crippen molar-refractivity contribution in [1.82, 2.24) is 4.98 Å². The maximum atomic E-state index is 12.1. The third-order valence-electron chi connectivity index (χ3n) is 3.91. The molecule has 0 bridgehead atoms. The summed E-state index contributed by atoms with van der Waals surface area (Å²) in [6.45, 7) is 2.01. The minimum atomic E-state index is -0.682. The molecule has 0 amide bonds. The van der Waals surface area contributed by atoms with E-state index in [4.69, 9.17) is 0 Å². The highest BCUT2D eigenvalue weighted by Crippen LogP contribution is 2.51. The second-order valence-corrected chi connectivity index (χ2v) is 8.67. The van der Waals surface area contributed by atoms with Crippen LogP contribution in [-0.4, -0.2) is 24.2 Å². The van der Waals surface area contributed by atoms with Crippen LogP contribution in [0.5, 0.6) is 0 Å². The van der Waals surface area contributed by atoms with E-state index in [2.05, 4.69) is 46.0 Å². The van der Waals surface area contributed by atoms with Gasteiger partial charge in [-0.1, -0.05) is 6.08 Å². The Morgan fingerprint density at radius 2 is 2.04 bits per heavy atom. The summed E-state index contributed by atoms with van der Waals surface area (Å²) in [4.78, 5) is 20.0. The number of carbonyl (C=O) groups excluding carboxylic acids is 1. The zero-order valence-corrected chi connectivity index (χ0v) is 16.3. The van der Waals surface area contributed by atoms with Gasteiger partial charge in [-0.2, -0.15) is 0 Å². The molecule has 126 valence electrons. The van der Waals surface area contributed by atoms with E-state index in [9.17, 15) is 4.79 Å². The first-order valence-electron chi connectivity index (χ1n) is 7.50. The molecule has 24 heavy (non-hydrogen) atoms. The lowest BCUT2D eigenvalue weighted by molar-refractivity contribution is -0.113. The van der Waals surface area contributed by atoms with E-state index in [-0.39, 0.29) is 5.12 Å². The van der Waals surface area contributed by atoms with E-state index in [0.29, 0.717) is 6.42 Å². The first-order chi connectivity index (χ1) is 11.4. The Bertz CT molecular complexity index is 783. The number of nitrogens with zero attached hydrogens (tertiary/aromatic N) is 2. The molecule has 1 atom stereocenters. The fourth-order valence-electron chi connectivity index (χ4n) is 2.53. The second kappa shape index (κ2) is 6.82. The molecule has 0 saturated heterocycles. The first kappa shape index (κ1) is 17.4. The lowest BCUT2D eigenvalue weighted by Crippen LogP contribution is -2.26. The number of thioether (sulfide) groups is 1. The Morgan fingerprint density at radius 3 is 2.58 bits per heavy atom. The molecule has 2 aromatic rings. The summed E-state index contributed by atoms with van der Waals surface area (Å²) in [5, 5.41) is 5.89. The maximum Gasteiger partial charge on any atom is 0.208 e. The molecule has 1 aromatic carbocycles. The lowest BCUT2D eigenvalue weighted by atomic mass is 10.0. The van der Waals surface area contributed by atoms with Crippen LogP contribution in [0, 0.1) is 0 Å². The summed E-state index contributed by atoms with van der Waals surface area (Å²) >= 11 is 7.16. The van der Waals surface area contributed by atoms with Crippen LogP contribution in [0.4, 0.5) is 16.5 Å². The van der Waals surface area contributed by atoms with Crippen LogP contribution in [0.3, 0.4) is 0 Å². The quantitative estimate of drug-likeness (QED) is 0.743. The summed E-state index contributed by atoms with van der Waals surface area (Å²) in [5.41, 5.74) is 2.89. The summed E-state index contributed by atoms with van der Waals surface area (Å²) in [7, 11) is 4.03. The molecular weight excluding hydrogens is 358 g/mol. The Hall–Kier alpha value is -1.44. The van der Waals surface area contributed by atoms with Gasteiger partial charge in [0.1, 0.15) is 4.75 Å². The fraction of sp³-hybridized carbons (Fsp3) is 0.294. The van der Waals surface area contributed by atoms with Gasteiger partial charge in [0.15, 0.2) is 5.13 Å². The molecule has 3 rings (SSSR count). The molecule has 1 aliphatic heterocycles. The average Bonchev–Trinajstić information content (AvgIpc) is 3.15. The predicted molar refractivity (Wildman–Crippen MR) is 108 cm³/mol. The van der Waals surface area contributed by atoms with Crippen molar-refractivity contribution in [2.45, 2.75) is 18.1 Å². The number of allylic oxidation sites excluding steroid dienone is 2. The molecule has 0 saturated carbocycles. The molecule has 0 spiro atoms. The Morgan fingerprint density at radius 1 is 1.33 bits per heavy atom. The predicted octanol–water partition coefficient (Wildman–Crippen LogP) is 4.65. The van der Waals surface area contributed by atoms with Gasteiger partial charge in [-0.3, -0.25) is 4.79 Å². The highest BCUT2D eigenvalue weighted by molar-refractivity contribution is 8.08. The minimum Gasteiger partial charge on any atom is -0.378 e. The van der Waals surface area contributed by atoms with Gasteiger partial charge in [-0.25, -0.2) is 4.98 Å². The summed E-state index contributed by atoms with van der Waals surface area (Å²) in [6, 6.07) is 8.14. The van der Waals surface area contributed by atoms with Gasteiger partial charge in [0, 0.05) is 30.9 Å². The molecule has 1 N–H and O–H groups in total. The van der Waals surface area contributed by atoms with Crippen LogP contribution in [0.25, 0.3) is 0 Å². The fourth-order valence-corrected chi connectivity index (χ4v) is 4.93. The molecule has 1 unspecified atom stereocenters. The van der Waals surface area contributed by atoms with Crippen LogP contribution < -0.4 is 10.2 Å². The van der Waals surface area contributed by atoms with Gasteiger partial charge < -0.3 is 10.2 Å². The number of hydrogen-bond donors (Lipinski definition) is 2. The van der Waals surface area contributed by atoms with E-state index in [1.54, 1.807) is 11.8 Å². The normalized spacial score (nSPS) is 19.9. The summed E-state index contributed by atoms with van der Waals surface area (Å²) in [6.07, 6.45) is 2.72. The molecule has 0 aliphatic carbocycles. The molecule has 4 nitrogen and oxygen atoms in total. The number of nitrogens with one attached hydrogen (secondary N) is 1. The number of hydrogen-bond acceptors (Lipinski definition) is 6. The number of anilines is 3. The lowest BCUT2D eigenvalue weighted by Gasteiger charge is -2.22.